The molecule has 0 aromatic heterocycles. The normalized spacial score (nSPS) is 14.8. The van der Waals surface area contributed by atoms with Gasteiger partial charge in [-0.1, -0.05) is 12.1 Å². The molecule has 0 bridgehead atoms. The number of anilines is 1. The zero-order chi connectivity index (χ0) is 15.5. The highest BCUT2D eigenvalue weighted by atomic mass is 16.6. The fourth-order valence-electron chi connectivity index (χ4n) is 2.19. The van der Waals surface area contributed by atoms with Crippen LogP contribution in [0.5, 0.6) is 5.75 Å². The number of carbonyl (C=O) groups is 2. The van der Waals surface area contributed by atoms with Gasteiger partial charge in [-0.15, -0.1) is 0 Å². The summed E-state index contributed by atoms with van der Waals surface area (Å²) in [6, 6.07) is 5.52. The molecule has 0 unspecified atom stereocenters. The van der Waals surface area contributed by atoms with Crippen molar-refractivity contribution in [2.45, 2.75) is 32.8 Å². The third-order valence-electron chi connectivity index (χ3n) is 2.95. The molecule has 1 aliphatic heterocycles. The molecule has 0 saturated carbocycles. The van der Waals surface area contributed by atoms with Gasteiger partial charge in [-0.05, 0) is 26.8 Å². The van der Waals surface area contributed by atoms with Crippen molar-refractivity contribution in [2.75, 3.05) is 18.5 Å². The Morgan fingerprint density at radius 3 is 2.81 bits per heavy atom. The van der Waals surface area contributed by atoms with Crippen LogP contribution in [0.25, 0.3) is 0 Å². The second-order valence-corrected chi connectivity index (χ2v) is 5.34. The number of esters is 1. The Morgan fingerprint density at radius 2 is 2.10 bits per heavy atom. The van der Waals surface area contributed by atoms with Crippen LogP contribution in [0.3, 0.4) is 0 Å². The van der Waals surface area contributed by atoms with Crippen molar-refractivity contribution in [3.63, 3.8) is 0 Å². The summed E-state index contributed by atoms with van der Waals surface area (Å²) < 4.78 is 15.3. The van der Waals surface area contributed by atoms with E-state index in [-0.39, 0.29) is 12.2 Å². The Bertz CT molecular complexity index is 553. The van der Waals surface area contributed by atoms with E-state index in [0.29, 0.717) is 11.4 Å². The summed E-state index contributed by atoms with van der Waals surface area (Å²) in [7, 11) is 0. The van der Waals surface area contributed by atoms with Crippen molar-refractivity contribution in [2.24, 2.45) is 0 Å². The van der Waals surface area contributed by atoms with E-state index in [9.17, 15) is 9.59 Å². The Hall–Kier alpha value is -2.24. The van der Waals surface area contributed by atoms with Gasteiger partial charge in [-0.3, -0.25) is 5.32 Å². The van der Waals surface area contributed by atoms with E-state index in [1.807, 2.05) is 26.0 Å². The van der Waals surface area contributed by atoms with Crippen molar-refractivity contribution in [3.05, 3.63) is 23.8 Å². The fraction of sp³-hybridized carbons (Fsp3) is 0.467. The lowest BCUT2D eigenvalue weighted by atomic mass is 10.0. The van der Waals surface area contributed by atoms with Crippen LogP contribution < -0.4 is 10.1 Å². The SMILES string of the molecule is CCOC(=O)COC(=O)Nc1cccc2c1OC(C)(C)C2. The third kappa shape index (κ3) is 3.87. The number of nitrogens with one attached hydrogen (secondary N) is 1. The molecule has 1 aliphatic rings. The first-order valence-electron chi connectivity index (χ1n) is 6.81. The molecule has 0 radical (unpaired) electrons. The Kier molecular flexibility index (Phi) is 4.35. The number of ether oxygens (including phenoxy) is 3. The number of para-hydroxylation sites is 1. The molecule has 0 spiro atoms. The standard InChI is InChI=1S/C15H19NO5/c1-4-19-12(17)9-20-14(18)16-11-7-5-6-10-8-15(2,3)21-13(10)11/h5-7H,4,8-9H2,1-3H3,(H,16,18). The summed E-state index contributed by atoms with van der Waals surface area (Å²) in [5, 5.41) is 2.58. The maximum Gasteiger partial charge on any atom is 0.412 e. The van der Waals surface area contributed by atoms with Crippen LogP contribution in [-0.4, -0.2) is 30.9 Å². The molecule has 1 heterocycles. The largest absolute Gasteiger partial charge is 0.485 e. The van der Waals surface area contributed by atoms with Crippen molar-refractivity contribution in [1.82, 2.24) is 0 Å². The van der Waals surface area contributed by atoms with Crippen molar-refractivity contribution < 1.29 is 23.8 Å². The van der Waals surface area contributed by atoms with Gasteiger partial charge < -0.3 is 14.2 Å². The molecular formula is C15H19NO5. The lowest BCUT2D eigenvalue weighted by Crippen LogP contribution is -2.25. The first-order chi connectivity index (χ1) is 9.91. The van der Waals surface area contributed by atoms with E-state index in [1.165, 1.54) is 0 Å². The topological polar surface area (TPSA) is 73.9 Å². The van der Waals surface area contributed by atoms with Crippen LogP contribution in [0.1, 0.15) is 26.3 Å². The van der Waals surface area contributed by atoms with Crippen LogP contribution >= 0.6 is 0 Å². The molecule has 1 amide bonds. The highest BCUT2D eigenvalue weighted by molar-refractivity contribution is 5.88. The van der Waals surface area contributed by atoms with Gasteiger partial charge in [-0.2, -0.15) is 0 Å². The van der Waals surface area contributed by atoms with Gasteiger partial charge in [-0.25, -0.2) is 9.59 Å². The maximum atomic E-state index is 11.7. The number of hydrogen-bond acceptors (Lipinski definition) is 5. The molecule has 6 nitrogen and oxygen atoms in total. The van der Waals surface area contributed by atoms with E-state index in [4.69, 9.17) is 9.47 Å². The minimum absolute atomic E-state index is 0.249. The molecule has 0 atom stereocenters. The van der Waals surface area contributed by atoms with Gasteiger partial charge in [0.1, 0.15) is 11.4 Å². The third-order valence-corrected chi connectivity index (χ3v) is 2.95. The van der Waals surface area contributed by atoms with Crippen molar-refractivity contribution >= 4 is 17.7 Å². The van der Waals surface area contributed by atoms with Gasteiger partial charge in [0.05, 0.1) is 12.3 Å². The molecule has 0 saturated heterocycles. The minimum atomic E-state index is -0.718. The zero-order valence-corrected chi connectivity index (χ0v) is 12.4. The summed E-state index contributed by atoms with van der Waals surface area (Å²) >= 11 is 0. The molecule has 1 N–H and O–H groups in total. The number of amides is 1. The van der Waals surface area contributed by atoms with E-state index in [2.05, 4.69) is 10.1 Å². The number of hydrogen-bond donors (Lipinski definition) is 1. The van der Waals surface area contributed by atoms with Crippen molar-refractivity contribution in [3.8, 4) is 5.75 Å². The molecule has 1 aromatic rings. The molecule has 2 rings (SSSR count). The maximum absolute atomic E-state index is 11.7. The van der Waals surface area contributed by atoms with Gasteiger partial charge in [0.25, 0.3) is 0 Å². The van der Waals surface area contributed by atoms with Crippen LogP contribution in [0.15, 0.2) is 18.2 Å². The minimum Gasteiger partial charge on any atom is -0.485 e. The first-order valence-corrected chi connectivity index (χ1v) is 6.81. The molecular weight excluding hydrogens is 274 g/mol. The highest BCUT2D eigenvalue weighted by Crippen LogP contribution is 2.40. The van der Waals surface area contributed by atoms with Crippen molar-refractivity contribution in [1.29, 1.82) is 0 Å². The van der Waals surface area contributed by atoms with Gasteiger partial charge >= 0.3 is 12.1 Å². The average molecular weight is 293 g/mol. The lowest BCUT2D eigenvalue weighted by molar-refractivity contribution is -0.146. The van der Waals surface area contributed by atoms with Crippen LogP contribution in [0.2, 0.25) is 0 Å². The second-order valence-electron chi connectivity index (χ2n) is 5.34. The second kappa shape index (κ2) is 6.03. The van der Waals surface area contributed by atoms with Gasteiger partial charge in [0, 0.05) is 12.0 Å². The summed E-state index contributed by atoms with van der Waals surface area (Å²) in [6.45, 7) is 5.48. The highest BCUT2D eigenvalue weighted by Gasteiger charge is 2.32. The lowest BCUT2D eigenvalue weighted by Gasteiger charge is -2.18. The smallest absolute Gasteiger partial charge is 0.412 e. The number of benzene rings is 1. The quantitative estimate of drug-likeness (QED) is 0.863. The molecule has 0 aliphatic carbocycles. The number of carbonyl (C=O) groups excluding carboxylic acids is 2. The average Bonchev–Trinajstić information content (AvgIpc) is 2.72. The predicted molar refractivity (Wildman–Crippen MR) is 76.5 cm³/mol. The molecule has 21 heavy (non-hydrogen) atoms. The van der Waals surface area contributed by atoms with Gasteiger partial charge in [0.2, 0.25) is 0 Å². The van der Waals surface area contributed by atoms with Crippen LogP contribution in [0, 0.1) is 0 Å². The Morgan fingerprint density at radius 1 is 1.33 bits per heavy atom. The summed E-state index contributed by atoms with van der Waals surface area (Å²) in [4.78, 5) is 22.8. The number of fused-ring (bicyclic) bond motifs is 1. The van der Waals surface area contributed by atoms with Crippen LogP contribution in [0.4, 0.5) is 10.5 Å². The van der Waals surface area contributed by atoms with Crippen LogP contribution in [-0.2, 0) is 20.7 Å². The molecule has 1 aromatic carbocycles. The predicted octanol–water partition coefficient (Wildman–Crippen LogP) is 2.51. The van der Waals surface area contributed by atoms with E-state index >= 15 is 0 Å². The number of rotatable bonds is 4. The molecule has 0 fully saturated rings. The molecule has 6 heteroatoms. The Labute approximate surface area is 123 Å². The van der Waals surface area contributed by atoms with E-state index in [1.54, 1.807) is 13.0 Å². The summed E-state index contributed by atoms with van der Waals surface area (Å²) in [6.07, 6.45) is 0.0557. The first kappa shape index (κ1) is 15.2. The summed E-state index contributed by atoms with van der Waals surface area (Å²) in [5.74, 6) is 0.0684. The molecule has 114 valence electrons. The summed E-state index contributed by atoms with van der Waals surface area (Å²) in [5.41, 5.74) is 1.27. The van der Waals surface area contributed by atoms with Gasteiger partial charge in [0.15, 0.2) is 6.61 Å². The monoisotopic (exact) mass is 293 g/mol. The Balaban J connectivity index is 1.97. The zero-order valence-electron chi connectivity index (χ0n) is 12.4. The van der Waals surface area contributed by atoms with E-state index < -0.39 is 18.7 Å². The fourth-order valence-corrected chi connectivity index (χ4v) is 2.19. The van der Waals surface area contributed by atoms with E-state index in [0.717, 1.165) is 12.0 Å².